The summed E-state index contributed by atoms with van der Waals surface area (Å²) in [6, 6.07) is 8.85. The number of ketones is 1. The summed E-state index contributed by atoms with van der Waals surface area (Å²) in [6.07, 6.45) is 1.54. The third-order valence-corrected chi connectivity index (χ3v) is 3.22. The highest BCUT2D eigenvalue weighted by Crippen LogP contribution is 2.32. The van der Waals surface area contributed by atoms with Crippen molar-refractivity contribution < 1.29 is 4.79 Å². The zero-order valence-corrected chi connectivity index (χ0v) is 10.6. The first-order chi connectivity index (χ1) is 8.09. The van der Waals surface area contributed by atoms with Gasteiger partial charge in [0.05, 0.1) is 15.7 Å². The average molecular weight is 266 g/mol. The lowest BCUT2D eigenvalue weighted by Gasteiger charge is -2.05. The summed E-state index contributed by atoms with van der Waals surface area (Å²) >= 11 is 12.0. The molecule has 0 saturated carbocycles. The molecule has 2 nitrogen and oxygen atoms in total. The second-order valence-electron chi connectivity index (χ2n) is 3.59. The van der Waals surface area contributed by atoms with Crippen LogP contribution in [0, 0.1) is 0 Å². The van der Waals surface area contributed by atoms with Crippen molar-refractivity contribution in [2.45, 2.75) is 6.92 Å². The van der Waals surface area contributed by atoms with E-state index in [2.05, 4.69) is 4.98 Å². The molecule has 86 valence electrons. The maximum absolute atomic E-state index is 11.1. The van der Waals surface area contributed by atoms with Crippen LogP contribution in [0.15, 0.2) is 36.5 Å². The molecule has 0 saturated heterocycles. The number of nitrogens with zero attached hydrogens (tertiary/aromatic N) is 1. The zero-order chi connectivity index (χ0) is 12.4. The number of rotatable bonds is 2. The van der Waals surface area contributed by atoms with E-state index in [-0.39, 0.29) is 5.78 Å². The van der Waals surface area contributed by atoms with E-state index in [1.54, 1.807) is 18.2 Å². The quantitative estimate of drug-likeness (QED) is 0.760. The molecule has 17 heavy (non-hydrogen) atoms. The molecule has 0 aliphatic heterocycles. The number of hydrogen-bond acceptors (Lipinski definition) is 2. The van der Waals surface area contributed by atoms with Gasteiger partial charge >= 0.3 is 0 Å². The molecule has 0 radical (unpaired) electrons. The molecule has 2 rings (SSSR count). The monoisotopic (exact) mass is 265 g/mol. The first kappa shape index (κ1) is 12.1. The van der Waals surface area contributed by atoms with E-state index in [1.165, 1.54) is 13.1 Å². The molecule has 1 aromatic heterocycles. The first-order valence-corrected chi connectivity index (χ1v) is 5.76. The van der Waals surface area contributed by atoms with Gasteiger partial charge in [0, 0.05) is 17.3 Å². The Morgan fingerprint density at radius 2 is 1.94 bits per heavy atom. The summed E-state index contributed by atoms with van der Waals surface area (Å²) in [5, 5.41) is 0.957. The average Bonchev–Trinajstić information content (AvgIpc) is 2.33. The van der Waals surface area contributed by atoms with Crippen molar-refractivity contribution in [1.82, 2.24) is 4.98 Å². The van der Waals surface area contributed by atoms with Gasteiger partial charge in [-0.3, -0.25) is 9.78 Å². The van der Waals surface area contributed by atoms with Gasteiger partial charge < -0.3 is 0 Å². The first-order valence-electron chi connectivity index (χ1n) is 5.01. The molecule has 0 spiro atoms. The van der Waals surface area contributed by atoms with Crippen LogP contribution in [0.2, 0.25) is 10.0 Å². The summed E-state index contributed by atoms with van der Waals surface area (Å²) < 4.78 is 0. The molecule has 0 atom stereocenters. The lowest BCUT2D eigenvalue weighted by molar-refractivity contribution is 0.101. The molecule has 0 N–H and O–H groups in total. The molecule has 0 bridgehead atoms. The lowest BCUT2D eigenvalue weighted by atomic mass is 10.1. The van der Waals surface area contributed by atoms with E-state index < -0.39 is 0 Å². The summed E-state index contributed by atoms with van der Waals surface area (Å²) in [6.45, 7) is 1.50. The van der Waals surface area contributed by atoms with Gasteiger partial charge in [0.1, 0.15) is 0 Å². The van der Waals surface area contributed by atoms with Crippen LogP contribution in [0.3, 0.4) is 0 Å². The molecule has 0 aliphatic rings. The van der Waals surface area contributed by atoms with Crippen molar-refractivity contribution >= 4 is 29.0 Å². The van der Waals surface area contributed by atoms with Crippen LogP contribution in [-0.4, -0.2) is 10.8 Å². The fourth-order valence-electron chi connectivity index (χ4n) is 1.46. The minimum atomic E-state index is -0.0127. The van der Waals surface area contributed by atoms with Crippen LogP contribution in [0.5, 0.6) is 0 Å². The Morgan fingerprint density at radius 3 is 2.53 bits per heavy atom. The number of carbonyl (C=O) groups excluding carboxylic acids is 1. The summed E-state index contributed by atoms with van der Waals surface area (Å²) in [4.78, 5) is 15.3. The standard InChI is InChI=1S/C13H9Cl2NO/c1-8(17)9-5-6-12(16-7-9)10-3-2-4-11(14)13(10)15/h2-7H,1H3. The van der Waals surface area contributed by atoms with Gasteiger partial charge in [-0.15, -0.1) is 0 Å². The van der Waals surface area contributed by atoms with Crippen molar-refractivity contribution in [3.05, 3.63) is 52.1 Å². The van der Waals surface area contributed by atoms with Gasteiger partial charge in [0.15, 0.2) is 5.78 Å². The smallest absolute Gasteiger partial charge is 0.161 e. The minimum absolute atomic E-state index is 0.0127. The largest absolute Gasteiger partial charge is 0.294 e. The Balaban J connectivity index is 2.47. The summed E-state index contributed by atoms with van der Waals surface area (Å²) in [7, 11) is 0. The van der Waals surface area contributed by atoms with Crippen molar-refractivity contribution in [2.75, 3.05) is 0 Å². The number of hydrogen-bond donors (Lipinski definition) is 0. The topological polar surface area (TPSA) is 30.0 Å². The molecular weight excluding hydrogens is 257 g/mol. The summed E-state index contributed by atoms with van der Waals surface area (Å²) in [5.41, 5.74) is 2.03. The molecule has 2 aromatic rings. The molecule has 0 fully saturated rings. The van der Waals surface area contributed by atoms with Gasteiger partial charge in [0.2, 0.25) is 0 Å². The zero-order valence-electron chi connectivity index (χ0n) is 9.08. The SMILES string of the molecule is CC(=O)c1ccc(-c2cccc(Cl)c2Cl)nc1. The van der Waals surface area contributed by atoms with E-state index >= 15 is 0 Å². The van der Waals surface area contributed by atoms with Crippen LogP contribution >= 0.6 is 23.2 Å². The Kier molecular flexibility index (Phi) is 3.46. The number of Topliss-reactive ketones (excluding diaryl/α,β-unsaturated/α-hetero) is 1. The fourth-order valence-corrected chi connectivity index (χ4v) is 1.86. The molecule has 0 unspecified atom stereocenters. The normalized spacial score (nSPS) is 10.3. The number of benzene rings is 1. The van der Waals surface area contributed by atoms with Gasteiger partial charge in [-0.2, -0.15) is 0 Å². The number of pyridine rings is 1. The summed E-state index contributed by atoms with van der Waals surface area (Å²) in [5.74, 6) is -0.0127. The highest BCUT2D eigenvalue weighted by Gasteiger charge is 2.08. The van der Waals surface area contributed by atoms with Crippen molar-refractivity contribution in [3.8, 4) is 11.3 Å². The van der Waals surface area contributed by atoms with Crippen molar-refractivity contribution in [1.29, 1.82) is 0 Å². The van der Waals surface area contributed by atoms with E-state index in [4.69, 9.17) is 23.2 Å². The van der Waals surface area contributed by atoms with Gasteiger partial charge in [-0.25, -0.2) is 0 Å². The van der Waals surface area contributed by atoms with Crippen LogP contribution < -0.4 is 0 Å². The highest BCUT2D eigenvalue weighted by molar-refractivity contribution is 6.43. The maximum Gasteiger partial charge on any atom is 0.161 e. The van der Waals surface area contributed by atoms with Crippen LogP contribution in [0.1, 0.15) is 17.3 Å². The fraction of sp³-hybridized carbons (Fsp3) is 0.0769. The predicted molar refractivity (Wildman–Crippen MR) is 69.7 cm³/mol. The second kappa shape index (κ2) is 4.86. The third kappa shape index (κ3) is 2.48. The van der Waals surface area contributed by atoms with E-state index in [0.717, 1.165) is 5.56 Å². The molecule has 0 amide bonds. The molecule has 4 heteroatoms. The van der Waals surface area contributed by atoms with E-state index in [0.29, 0.717) is 21.3 Å². The van der Waals surface area contributed by atoms with Crippen LogP contribution in [0.25, 0.3) is 11.3 Å². The third-order valence-electron chi connectivity index (χ3n) is 2.40. The van der Waals surface area contributed by atoms with Crippen LogP contribution in [-0.2, 0) is 0 Å². The number of halogens is 2. The van der Waals surface area contributed by atoms with Crippen molar-refractivity contribution in [3.63, 3.8) is 0 Å². The second-order valence-corrected chi connectivity index (χ2v) is 4.37. The van der Waals surface area contributed by atoms with Gasteiger partial charge in [0.25, 0.3) is 0 Å². The Bertz CT molecular complexity index is 564. The molecule has 0 aliphatic carbocycles. The van der Waals surface area contributed by atoms with Gasteiger partial charge in [-0.05, 0) is 25.1 Å². The van der Waals surface area contributed by atoms with Gasteiger partial charge in [-0.1, -0.05) is 35.3 Å². The Morgan fingerprint density at radius 1 is 1.18 bits per heavy atom. The maximum atomic E-state index is 11.1. The van der Waals surface area contributed by atoms with E-state index in [1.807, 2.05) is 12.1 Å². The predicted octanol–water partition coefficient (Wildman–Crippen LogP) is 4.26. The molecule has 1 aromatic carbocycles. The Hall–Kier alpha value is -1.38. The molecule has 1 heterocycles. The van der Waals surface area contributed by atoms with E-state index in [9.17, 15) is 4.79 Å². The highest BCUT2D eigenvalue weighted by atomic mass is 35.5. The number of aromatic nitrogens is 1. The lowest BCUT2D eigenvalue weighted by Crippen LogP contribution is -1.94. The number of carbonyl (C=O) groups is 1. The molecular formula is C13H9Cl2NO. The van der Waals surface area contributed by atoms with Crippen molar-refractivity contribution in [2.24, 2.45) is 0 Å². The Labute approximate surface area is 109 Å². The minimum Gasteiger partial charge on any atom is -0.294 e. The van der Waals surface area contributed by atoms with Crippen LogP contribution in [0.4, 0.5) is 0 Å².